The molecule has 1 N–H and O–H groups in total. The van der Waals surface area contributed by atoms with Crippen molar-refractivity contribution in [3.8, 4) is 0 Å². The van der Waals surface area contributed by atoms with Crippen molar-refractivity contribution in [2.75, 3.05) is 44.7 Å². The predicted octanol–water partition coefficient (Wildman–Crippen LogP) is 0.894. The van der Waals surface area contributed by atoms with E-state index in [2.05, 4.69) is 32.1 Å². The summed E-state index contributed by atoms with van der Waals surface area (Å²) in [6.45, 7) is 5.64. The molecule has 0 aromatic carbocycles. The maximum atomic E-state index is 12.8. The second-order valence-electron chi connectivity index (χ2n) is 7.73. The van der Waals surface area contributed by atoms with Crippen molar-refractivity contribution in [2.45, 2.75) is 51.1 Å². The van der Waals surface area contributed by atoms with Gasteiger partial charge >= 0.3 is 0 Å². The molecule has 2 fully saturated rings. The molecule has 0 radical (unpaired) electrons. The number of piperazine rings is 1. The highest BCUT2D eigenvalue weighted by molar-refractivity contribution is 5.77. The first-order valence-electron chi connectivity index (χ1n) is 10.4. The summed E-state index contributed by atoms with van der Waals surface area (Å²) in [6.07, 6.45) is 7.53. The van der Waals surface area contributed by atoms with Crippen LogP contribution in [0.4, 0.5) is 5.95 Å². The molecule has 2 aliphatic heterocycles. The molecule has 28 heavy (non-hydrogen) atoms. The first kappa shape index (κ1) is 20.5. The van der Waals surface area contributed by atoms with Crippen LogP contribution in [0.15, 0.2) is 18.5 Å². The van der Waals surface area contributed by atoms with Gasteiger partial charge in [-0.05, 0) is 32.4 Å². The SMILES string of the molecule is CCCC(=O)NC[C@@H]1CC[C@H](CC(=O)N2CCN(c3ncccn3)CC2)N1C. The van der Waals surface area contributed by atoms with E-state index < -0.39 is 0 Å². The van der Waals surface area contributed by atoms with Crippen molar-refractivity contribution >= 4 is 17.8 Å². The minimum absolute atomic E-state index is 0.121. The number of aromatic nitrogens is 2. The largest absolute Gasteiger partial charge is 0.355 e. The van der Waals surface area contributed by atoms with Crippen LogP contribution in [0.1, 0.15) is 39.0 Å². The van der Waals surface area contributed by atoms with Crippen LogP contribution in [0.3, 0.4) is 0 Å². The van der Waals surface area contributed by atoms with Gasteiger partial charge < -0.3 is 15.1 Å². The molecule has 0 bridgehead atoms. The molecule has 3 rings (SSSR count). The van der Waals surface area contributed by atoms with Crippen LogP contribution in [0.5, 0.6) is 0 Å². The molecule has 0 unspecified atom stereocenters. The summed E-state index contributed by atoms with van der Waals surface area (Å²) in [5, 5.41) is 3.02. The van der Waals surface area contributed by atoms with Crippen LogP contribution in [-0.4, -0.2) is 83.4 Å². The summed E-state index contributed by atoms with van der Waals surface area (Å²) < 4.78 is 0. The molecular formula is C20H32N6O2. The van der Waals surface area contributed by atoms with Crippen molar-refractivity contribution in [1.82, 2.24) is 25.1 Å². The van der Waals surface area contributed by atoms with Gasteiger partial charge in [0.1, 0.15) is 0 Å². The Labute approximate surface area is 167 Å². The zero-order valence-corrected chi connectivity index (χ0v) is 17.0. The van der Waals surface area contributed by atoms with Crippen molar-refractivity contribution < 1.29 is 9.59 Å². The van der Waals surface area contributed by atoms with Crippen LogP contribution in [-0.2, 0) is 9.59 Å². The van der Waals surface area contributed by atoms with Gasteiger partial charge in [0.05, 0.1) is 0 Å². The van der Waals surface area contributed by atoms with E-state index in [4.69, 9.17) is 0 Å². The van der Waals surface area contributed by atoms with Crippen LogP contribution in [0, 0.1) is 0 Å². The van der Waals surface area contributed by atoms with E-state index >= 15 is 0 Å². The van der Waals surface area contributed by atoms with Gasteiger partial charge in [0.15, 0.2) is 0 Å². The monoisotopic (exact) mass is 388 g/mol. The number of rotatable bonds is 7. The molecule has 2 saturated heterocycles. The number of nitrogens with one attached hydrogen (secondary N) is 1. The highest BCUT2D eigenvalue weighted by atomic mass is 16.2. The summed E-state index contributed by atoms with van der Waals surface area (Å²) in [6, 6.07) is 2.39. The second kappa shape index (κ2) is 9.82. The first-order chi connectivity index (χ1) is 13.6. The summed E-state index contributed by atoms with van der Waals surface area (Å²) in [7, 11) is 2.08. The fraction of sp³-hybridized carbons (Fsp3) is 0.700. The lowest BCUT2D eigenvalue weighted by Gasteiger charge is -2.35. The van der Waals surface area contributed by atoms with Crippen LogP contribution in [0.2, 0.25) is 0 Å². The summed E-state index contributed by atoms with van der Waals surface area (Å²) >= 11 is 0. The molecule has 8 nitrogen and oxygen atoms in total. The van der Waals surface area contributed by atoms with Crippen molar-refractivity contribution in [2.24, 2.45) is 0 Å². The van der Waals surface area contributed by atoms with Gasteiger partial charge in [-0.2, -0.15) is 0 Å². The maximum absolute atomic E-state index is 12.8. The Kier molecular flexibility index (Phi) is 7.19. The number of likely N-dealkylation sites (tertiary alicyclic amines) is 1. The van der Waals surface area contributed by atoms with Gasteiger partial charge in [0.25, 0.3) is 0 Å². The Hall–Kier alpha value is -2.22. The van der Waals surface area contributed by atoms with E-state index in [1.54, 1.807) is 12.4 Å². The Morgan fingerprint density at radius 3 is 2.46 bits per heavy atom. The zero-order chi connectivity index (χ0) is 19.9. The highest BCUT2D eigenvalue weighted by Gasteiger charge is 2.33. The van der Waals surface area contributed by atoms with Gasteiger partial charge in [0, 0.05) is 70.0 Å². The first-order valence-corrected chi connectivity index (χ1v) is 10.4. The fourth-order valence-corrected chi connectivity index (χ4v) is 4.07. The molecule has 0 aliphatic carbocycles. The third-order valence-electron chi connectivity index (χ3n) is 5.87. The number of amides is 2. The van der Waals surface area contributed by atoms with E-state index in [1.807, 2.05) is 17.9 Å². The Bertz CT molecular complexity index is 647. The van der Waals surface area contributed by atoms with Crippen molar-refractivity contribution in [3.05, 3.63) is 18.5 Å². The highest BCUT2D eigenvalue weighted by Crippen LogP contribution is 2.25. The smallest absolute Gasteiger partial charge is 0.225 e. The number of nitrogens with zero attached hydrogens (tertiary/aromatic N) is 5. The van der Waals surface area contributed by atoms with Crippen LogP contribution < -0.4 is 10.2 Å². The molecule has 8 heteroatoms. The molecule has 3 heterocycles. The van der Waals surface area contributed by atoms with Crippen molar-refractivity contribution in [1.29, 1.82) is 0 Å². The number of carbonyl (C=O) groups is 2. The molecular weight excluding hydrogens is 356 g/mol. The summed E-state index contributed by atoms with van der Waals surface area (Å²) in [5.41, 5.74) is 0. The van der Waals surface area contributed by atoms with Gasteiger partial charge in [-0.25, -0.2) is 9.97 Å². The number of hydrogen-bond donors (Lipinski definition) is 1. The van der Waals surface area contributed by atoms with Crippen LogP contribution >= 0.6 is 0 Å². The van der Waals surface area contributed by atoms with E-state index in [0.29, 0.717) is 38.5 Å². The Morgan fingerprint density at radius 1 is 1.11 bits per heavy atom. The lowest BCUT2D eigenvalue weighted by molar-refractivity contribution is -0.132. The Morgan fingerprint density at radius 2 is 1.79 bits per heavy atom. The average molecular weight is 389 g/mol. The zero-order valence-electron chi connectivity index (χ0n) is 17.0. The molecule has 1 aromatic rings. The van der Waals surface area contributed by atoms with Gasteiger partial charge in [-0.15, -0.1) is 0 Å². The van der Waals surface area contributed by atoms with Crippen LogP contribution in [0.25, 0.3) is 0 Å². The van der Waals surface area contributed by atoms with E-state index in [0.717, 1.165) is 38.3 Å². The molecule has 1 aromatic heterocycles. The number of anilines is 1. The van der Waals surface area contributed by atoms with E-state index in [1.165, 1.54) is 0 Å². The molecule has 0 spiro atoms. The average Bonchev–Trinajstić information content (AvgIpc) is 3.07. The lowest BCUT2D eigenvalue weighted by Crippen LogP contribution is -2.50. The Balaban J connectivity index is 1.42. The minimum atomic E-state index is 0.121. The minimum Gasteiger partial charge on any atom is -0.355 e. The van der Waals surface area contributed by atoms with E-state index in [-0.39, 0.29) is 17.9 Å². The standard InChI is InChI=1S/C20H32N6O2/c1-3-5-18(27)23-15-17-7-6-16(24(17)2)14-19(28)25-10-12-26(13-11-25)20-21-8-4-9-22-20/h4,8-9,16-17H,3,5-7,10-15H2,1-2H3,(H,23,27)/t16-,17+/m1/s1. The fourth-order valence-electron chi connectivity index (χ4n) is 4.07. The maximum Gasteiger partial charge on any atom is 0.225 e. The lowest BCUT2D eigenvalue weighted by atomic mass is 10.1. The second-order valence-corrected chi connectivity index (χ2v) is 7.73. The number of carbonyl (C=O) groups excluding carboxylic acids is 2. The van der Waals surface area contributed by atoms with Gasteiger partial charge in [0.2, 0.25) is 17.8 Å². The van der Waals surface area contributed by atoms with Gasteiger partial charge in [-0.1, -0.05) is 6.92 Å². The third kappa shape index (κ3) is 5.19. The molecule has 2 aliphatic rings. The molecule has 0 saturated carbocycles. The number of hydrogen-bond acceptors (Lipinski definition) is 6. The normalized spacial score (nSPS) is 23.1. The predicted molar refractivity (Wildman–Crippen MR) is 108 cm³/mol. The number of likely N-dealkylation sites (N-methyl/N-ethyl adjacent to an activating group) is 1. The quantitative estimate of drug-likeness (QED) is 0.747. The summed E-state index contributed by atoms with van der Waals surface area (Å²) in [5.74, 6) is 1.08. The van der Waals surface area contributed by atoms with Gasteiger partial charge in [-0.3, -0.25) is 14.5 Å². The third-order valence-corrected chi connectivity index (χ3v) is 5.87. The van der Waals surface area contributed by atoms with E-state index in [9.17, 15) is 9.59 Å². The molecule has 2 atom stereocenters. The topological polar surface area (TPSA) is 81.7 Å². The molecule has 2 amide bonds. The molecule has 154 valence electrons. The summed E-state index contributed by atoms with van der Waals surface area (Å²) in [4.78, 5) is 39.4. The van der Waals surface area contributed by atoms with Crippen molar-refractivity contribution in [3.63, 3.8) is 0 Å².